The molecule has 0 aliphatic carbocycles. The van der Waals surface area contributed by atoms with Gasteiger partial charge in [-0.3, -0.25) is 67.7 Å². The molecule has 4 aromatic heterocycles. The number of aliphatic carboxylic acids is 2. The third kappa shape index (κ3) is 12.3. The minimum Gasteiger partial charge on any atom is -0.543 e. The monoisotopic (exact) mass is 1160 g/mol. The van der Waals surface area contributed by atoms with Crippen LogP contribution >= 0.6 is 92.9 Å². The van der Waals surface area contributed by atoms with E-state index < -0.39 is 80.6 Å². The molecule has 0 aromatic carbocycles. The van der Waals surface area contributed by atoms with Crippen molar-refractivity contribution in [2.24, 2.45) is 14.1 Å². The second-order valence-corrected chi connectivity index (χ2v) is 20.7. The number of β-lactam (4-membered cyclic amide) rings is 2. The first-order chi connectivity index (χ1) is 33.2. The molecule has 72 heavy (non-hydrogen) atoms. The Bertz CT molecular complexity index is 3050. The average Bonchev–Trinajstić information content (AvgIpc) is 3.95. The zero-order chi connectivity index (χ0) is 50.9. The maximum Gasteiger partial charge on any atom is 1.00 e. The molecule has 2 fully saturated rings. The Kier molecular flexibility index (Phi) is 20.3. The van der Waals surface area contributed by atoms with Crippen molar-refractivity contribution in [3.05, 3.63) is 97.2 Å². The van der Waals surface area contributed by atoms with Crippen molar-refractivity contribution in [3.63, 3.8) is 0 Å². The zero-order valence-corrected chi connectivity index (χ0v) is 47.7. The number of thioether (sulfide) groups is 4. The van der Waals surface area contributed by atoms with Crippen LogP contribution in [-0.2, 0) is 42.9 Å². The quantitative estimate of drug-likeness (QED) is 0.0224. The first-order valence-electron chi connectivity index (χ1n) is 19.3. The van der Waals surface area contributed by atoms with Crippen molar-refractivity contribution >= 4 is 150 Å². The van der Waals surface area contributed by atoms with E-state index in [9.17, 15) is 58.2 Å². The van der Waals surface area contributed by atoms with E-state index in [-0.39, 0.29) is 137 Å². The van der Waals surface area contributed by atoms with Crippen LogP contribution in [0, 0.1) is 0 Å². The number of carboxylic acids is 2. The van der Waals surface area contributed by atoms with E-state index in [0.29, 0.717) is 11.1 Å². The minimum absolute atomic E-state index is 0. The molecule has 4 atom stereocenters. The Labute approximate surface area is 481 Å². The number of amides is 4. The maximum atomic E-state index is 12.8. The summed E-state index contributed by atoms with van der Waals surface area (Å²) in [5.74, 6) is -5.09. The molecule has 8 rings (SSSR count). The minimum atomic E-state index is -1.55. The number of aromatic nitrogens is 8. The molecule has 0 radical (unpaired) electrons. The number of hydrogen-bond acceptors (Lipinski definition) is 24. The molecule has 26 nitrogen and oxygen atoms in total. The molecule has 4 aliphatic rings. The molecule has 0 spiro atoms. The SMILES string of the molecule is Cn1[nH]c(=O)c(=O)nc1SCC1=C(C(=O)[O-])N2C(=O)C(NC(=O)/C(=C/Cl)c3csc(N)n3)[C@H]2SC1.Cn1[nH]c(=O)c(=O)nc1SCC1=C(C(=O)[O-])N2C(=O)C(NC(=O)/C(=C/Cl)c3csc(N)n3)[C@H]2SC1.[Na+].[Na+]. The van der Waals surface area contributed by atoms with Gasteiger partial charge in [0.25, 0.3) is 23.6 Å². The molecule has 4 aliphatic heterocycles. The summed E-state index contributed by atoms with van der Waals surface area (Å²) in [5.41, 5.74) is 10.2. The largest absolute Gasteiger partial charge is 1.00 e. The Balaban J connectivity index is 0.000000260. The van der Waals surface area contributed by atoms with Crippen LogP contribution in [0.2, 0.25) is 0 Å². The van der Waals surface area contributed by atoms with Crippen LogP contribution in [0.1, 0.15) is 11.4 Å². The molecule has 0 bridgehead atoms. The average molecular weight is 1160 g/mol. The fraction of sp³-hybridized carbons (Fsp3) is 0.278. The Morgan fingerprint density at radius 1 is 0.694 bits per heavy atom. The molecule has 0 saturated carbocycles. The van der Waals surface area contributed by atoms with Crippen LogP contribution in [-0.4, -0.2) is 131 Å². The standard InChI is InChI=1S/2C18H16ClN7O6S3.2Na/c2*1-25-18(23-12(28)13(29)24-25)35-4-6-3-33-15-9(14(30)26(15)10(6)16(31)32)22-11(27)7(2-19)8-5-34-17(20)21-8;;/h2*2,5,9,15H,3-4H2,1H3,(H2,20,21)(H,22,27)(H,24,29)(H,31,32);;/q;;2*+1/p-2/b2*7-2+;;/t2*9?,15-;;/m11../s1. The third-order valence-corrected chi connectivity index (χ3v) is 16.7. The summed E-state index contributed by atoms with van der Waals surface area (Å²) in [6.45, 7) is 0. The normalized spacial score (nSPS) is 19.3. The zero-order valence-electron chi connectivity index (χ0n) is 37.3. The van der Waals surface area contributed by atoms with E-state index in [1.54, 1.807) is 10.8 Å². The predicted octanol–water partition coefficient (Wildman–Crippen LogP) is -9.43. The summed E-state index contributed by atoms with van der Waals surface area (Å²) in [7, 11) is 2.96. The van der Waals surface area contributed by atoms with Crippen LogP contribution in [0.4, 0.5) is 10.3 Å². The van der Waals surface area contributed by atoms with Crippen molar-refractivity contribution in [1.29, 1.82) is 0 Å². The van der Waals surface area contributed by atoms with Gasteiger partial charge in [0, 0.05) is 58.9 Å². The number of nitrogen functional groups attached to an aromatic ring is 2. The van der Waals surface area contributed by atoms with Crippen LogP contribution in [0.5, 0.6) is 0 Å². The van der Waals surface area contributed by atoms with Gasteiger partial charge in [-0.15, -0.1) is 46.2 Å². The molecule has 36 heteroatoms. The van der Waals surface area contributed by atoms with Crippen LogP contribution in [0.15, 0.2) is 73.9 Å². The summed E-state index contributed by atoms with van der Waals surface area (Å²) >= 11 is 18.3. The van der Waals surface area contributed by atoms with Crippen LogP contribution in [0.25, 0.3) is 11.1 Å². The van der Waals surface area contributed by atoms with Crippen molar-refractivity contribution < 1.29 is 98.1 Å². The number of nitrogens with zero attached hydrogens (tertiary/aromatic N) is 8. The molecule has 4 aromatic rings. The van der Waals surface area contributed by atoms with Crippen molar-refractivity contribution in [3.8, 4) is 0 Å². The van der Waals surface area contributed by atoms with E-state index in [4.69, 9.17) is 34.7 Å². The summed E-state index contributed by atoms with van der Waals surface area (Å²) in [5, 5.41) is 36.1. The number of rotatable bonds is 14. The van der Waals surface area contributed by atoms with E-state index in [2.05, 4.69) is 40.8 Å². The van der Waals surface area contributed by atoms with Crippen molar-refractivity contribution in [1.82, 2.24) is 59.9 Å². The van der Waals surface area contributed by atoms with Gasteiger partial charge in [-0.1, -0.05) is 46.7 Å². The number of aromatic amines is 2. The van der Waals surface area contributed by atoms with E-state index in [1.165, 1.54) is 47.0 Å². The smallest absolute Gasteiger partial charge is 0.543 e. The Hall–Kier alpha value is -4.16. The van der Waals surface area contributed by atoms with Gasteiger partial charge >= 0.3 is 81.4 Å². The molecule has 2 unspecified atom stereocenters. The molecule has 2 saturated heterocycles. The van der Waals surface area contributed by atoms with Gasteiger partial charge in [0.2, 0.25) is 0 Å². The number of H-pyrrole nitrogens is 2. The van der Waals surface area contributed by atoms with Gasteiger partial charge in [0.1, 0.15) is 22.8 Å². The number of anilines is 2. The van der Waals surface area contributed by atoms with Gasteiger partial charge in [-0.2, -0.15) is 9.97 Å². The van der Waals surface area contributed by atoms with E-state index in [1.807, 2.05) is 0 Å². The molecule has 368 valence electrons. The summed E-state index contributed by atoms with van der Waals surface area (Å²) in [6, 6.07) is -1.97. The number of carboxylic acid groups (broad SMARTS) is 2. The van der Waals surface area contributed by atoms with E-state index in [0.717, 1.165) is 67.1 Å². The molecular weight excluding hydrogens is 1130 g/mol. The van der Waals surface area contributed by atoms with Gasteiger partial charge in [-0.25, -0.2) is 9.97 Å². The molecule has 4 amide bonds. The molecular formula is C36H30Cl2N14Na2O12S6. The second-order valence-electron chi connectivity index (χ2n) is 14.4. The number of aryl methyl sites for hydroxylation is 2. The summed E-state index contributed by atoms with van der Waals surface area (Å²) in [6.07, 6.45) is 0. The number of hydrogen-bond donors (Lipinski definition) is 6. The number of nitrogens with one attached hydrogen (secondary N) is 4. The van der Waals surface area contributed by atoms with Gasteiger partial charge in [0.15, 0.2) is 20.6 Å². The fourth-order valence-corrected chi connectivity index (χ4v) is 13.1. The van der Waals surface area contributed by atoms with Crippen molar-refractivity contribution in [2.75, 3.05) is 34.5 Å². The number of halogens is 2. The summed E-state index contributed by atoms with van der Waals surface area (Å²) < 4.78 is 2.48. The number of nitrogens with two attached hydrogens (primary N) is 2. The predicted molar refractivity (Wildman–Crippen MR) is 256 cm³/mol. The topological polar surface area (TPSA) is 392 Å². The fourth-order valence-electron chi connectivity index (χ4n) is 6.75. The maximum absolute atomic E-state index is 12.8. The number of carbonyl (C=O) groups is 6. The van der Waals surface area contributed by atoms with Gasteiger partial charge in [-0.05, 0) is 11.1 Å². The third-order valence-electron chi connectivity index (χ3n) is 10.0. The van der Waals surface area contributed by atoms with Crippen LogP contribution in [0.3, 0.4) is 0 Å². The first-order valence-corrected chi connectivity index (χ1v) is 26.0. The number of carbonyl (C=O) groups excluding carboxylic acids is 6. The molecule has 8 heterocycles. The number of fused-ring (bicyclic) bond motifs is 2. The number of thiazole rings is 2. The van der Waals surface area contributed by atoms with E-state index >= 15 is 0 Å². The van der Waals surface area contributed by atoms with Gasteiger partial charge < -0.3 is 41.9 Å². The van der Waals surface area contributed by atoms with Crippen molar-refractivity contribution in [2.45, 2.75) is 33.1 Å². The Morgan fingerprint density at radius 2 is 1.06 bits per heavy atom. The van der Waals surface area contributed by atoms with Gasteiger partial charge in [0.05, 0.1) is 45.9 Å². The molecule has 8 N–H and O–H groups in total. The van der Waals surface area contributed by atoms with Crippen LogP contribution < -0.4 is 114 Å². The Morgan fingerprint density at radius 3 is 1.36 bits per heavy atom. The summed E-state index contributed by atoms with van der Waals surface area (Å²) in [4.78, 5) is 138. The second kappa shape index (κ2) is 24.9. The first kappa shape index (κ1) is 58.7.